The Morgan fingerprint density at radius 1 is 0.900 bits per heavy atom. The molecule has 3 atom stereocenters. The minimum absolute atomic E-state index is 0.0426. The number of urea groups is 1. The molecule has 0 saturated heterocycles. The molecule has 0 radical (unpaired) electrons. The fourth-order valence-electron chi connectivity index (χ4n) is 4.88. The number of benzene rings is 2. The van der Waals surface area contributed by atoms with Crippen molar-refractivity contribution in [2.45, 2.75) is 84.5 Å². The Kier molecular flexibility index (Phi) is 15.7. The van der Waals surface area contributed by atoms with Crippen LogP contribution >= 0.6 is 0 Å². The van der Waals surface area contributed by atoms with Gasteiger partial charge in [-0.15, -0.1) is 0 Å². The third-order valence-electron chi connectivity index (χ3n) is 8.34. The van der Waals surface area contributed by atoms with Crippen molar-refractivity contribution in [1.29, 1.82) is 0 Å². The van der Waals surface area contributed by atoms with Gasteiger partial charge in [0.25, 0.3) is 0 Å². The van der Waals surface area contributed by atoms with Crippen LogP contribution in [0, 0.1) is 5.41 Å². The first-order valence-electron chi connectivity index (χ1n) is 16.4. The zero-order chi connectivity index (χ0) is 37.5. The molecule has 274 valence electrons. The first-order chi connectivity index (χ1) is 23.5. The summed E-state index contributed by atoms with van der Waals surface area (Å²) >= 11 is 0. The summed E-state index contributed by atoms with van der Waals surface area (Å²) in [4.78, 5) is 72.4. The van der Waals surface area contributed by atoms with Crippen molar-refractivity contribution in [2.24, 2.45) is 11.1 Å². The molecule has 0 aliphatic carbocycles. The number of hydrogen-bond donors (Lipinski definition) is 8. The van der Waals surface area contributed by atoms with Crippen LogP contribution in [0.15, 0.2) is 48.5 Å². The Hall–Kier alpha value is -5.18. The molecule has 7 amide bonds. The van der Waals surface area contributed by atoms with E-state index in [9.17, 15) is 28.8 Å². The van der Waals surface area contributed by atoms with E-state index in [0.717, 1.165) is 5.56 Å². The highest BCUT2D eigenvalue weighted by atomic mass is 16.5. The number of amides is 7. The summed E-state index contributed by atoms with van der Waals surface area (Å²) in [5.41, 5.74) is 6.77. The summed E-state index contributed by atoms with van der Waals surface area (Å²) in [6.07, 6.45) is 0.251. The van der Waals surface area contributed by atoms with Crippen LogP contribution in [0.2, 0.25) is 0 Å². The number of likely N-dealkylation sites (N-methyl/N-ethyl adjacent to an activating group) is 1. The van der Waals surface area contributed by atoms with Crippen LogP contribution in [-0.4, -0.2) is 74.5 Å². The zero-order valence-electron chi connectivity index (χ0n) is 29.9. The second-order valence-corrected chi connectivity index (χ2v) is 13.6. The summed E-state index contributed by atoms with van der Waals surface area (Å²) < 4.78 is 5.42. The number of rotatable bonds is 18. The van der Waals surface area contributed by atoms with E-state index in [4.69, 9.17) is 10.5 Å². The van der Waals surface area contributed by atoms with Crippen molar-refractivity contribution in [3.63, 3.8) is 0 Å². The fraction of sp³-hybridized carbons (Fsp3) is 0.486. The topological polar surface area (TPSA) is 222 Å². The van der Waals surface area contributed by atoms with Crippen molar-refractivity contribution in [1.82, 2.24) is 26.6 Å². The minimum atomic E-state index is -0.945. The monoisotopic (exact) mass is 696 g/mol. The molecule has 2 aromatic carbocycles. The second-order valence-electron chi connectivity index (χ2n) is 13.6. The van der Waals surface area contributed by atoms with E-state index >= 15 is 0 Å². The molecule has 0 bridgehead atoms. The van der Waals surface area contributed by atoms with Gasteiger partial charge < -0.3 is 42.4 Å². The molecule has 15 heteroatoms. The molecule has 3 unspecified atom stereocenters. The van der Waals surface area contributed by atoms with Crippen LogP contribution in [0.25, 0.3) is 0 Å². The van der Waals surface area contributed by atoms with Crippen molar-refractivity contribution in [3.05, 3.63) is 59.7 Å². The van der Waals surface area contributed by atoms with Gasteiger partial charge in [0.2, 0.25) is 24.1 Å². The van der Waals surface area contributed by atoms with E-state index in [2.05, 4.69) is 58.0 Å². The Bertz CT molecular complexity index is 1470. The second kappa shape index (κ2) is 19.1. The standard InChI is InChI=1S/C35H52N8O7/c1-22(34(2,3)4)40-31(47)29(37-7)35(5,6)24-10-8-11-26(18-24)42-33(49)50-20-23-13-15-25(16-14-23)41-30(46)27(12-9-17-39-32(36)48)43-28(45)19-38-21-44/h8,10-11,13-16,18,21-22,27,29,37H,9,12,17,19-20H2,1-7H3,(H,38,44)(H,40,47)(H,41,46)(H,42,49)(H,43,45)(H3,36,39,48). The van der Waals surface area contributed by atoms with Crippen LogP contribution in [0.1, 0.15) is 65.5 Å². The average molecular weight is 697 g/mol. The molecule has 0 aliphatic rings. The van der Waals surface area contributed by atoms with Gasteiger partial charge in [-0.25, -0.2) is 9.59 Å². The van der Waals surface area contributed by atoms with Crippen LogP contribution in [-0.2, 0) is 35.9 Å². The molecule has 0 heterocycles. The van der Waals surface area contributed by atoms with Crippen molar-refractivity contribution in [3.8, 4) is 0 Å². The minimum Gasteiger partial charge on any atom is -0.444 e. The number of anilines is 2. The van der Waals surface area contributed by atoms with E-state index in [-0.39, 0.29) is 43.5 Å². The summed E-state index contributed by atoms with van der Waals surface area (Å²) in [5, 5.41) is 18.9. The molecule has 0 saturated carbocycles. The maximum atomic E-state index is 13.2. The number of carbonyl (C=O) groups excluding carboxylic acids is 6. The number of carbonyl (C=O) groups is 6. The normalized spacial score (nSPS) is 13.1. The Morgan fingerprint density at radius 2 is 1.58 bits per heavy atom. The van der Waals surface area contributed by atoms with Gasteiger partial charge in [-0.1, -0.05) is 58.9 Å². The van der Waals surface area contributed by atoms with Crippen LogP contribution in [0.5, 0.6) is 0 Å². The van der Waals surface area contributed by atoms with Crippen LogP contribution < -0.4 is 43.0 Å². The predicted molar refractivity (Wildman–Crippen MR) is 191 cm³/mol. The van der Waals surface area contributed by atoms with Crippen LogP contribution in [0.3, 0.4) is 0 Å². The number of primary amides is 1. The number of nitrogens with two attached hydrogens (primary N) is 1. The van der Waals surface area contributed by atoms with Crippen molar-refractivity contribution in [2.75, 3.05) is 30.8 Å². The third kappa shape index (κ3) is 13.4. The highest BCUT2D eigenvalue weighted by Crippen LogP contribution is 2.30. The zero-order valence-corrected chi connectivity index (χ0v) is 29.9. The van der Waals surface area contributed by atoms with Crippen molar-refractivity contribution >= 4 is 47.6 Å². The molecule has 9 N–H and O–H groups in total. The van der Waals surface area contributed by atoms with Gasteiger partial charge in [0.1, 0.15) is 12.6 Å². The molecule has 15 nitrogen and oxygen atoms in total. The van der Waals surface area contributed by atoms with Crippen LogP contribution in [0.4, 0.5) is 21.0 Å². The Morgan fingerprint density at radius 3 is 2.18 bits per heavy atom. The lowest BCUT2D eigenvalue weighted by Crippen LogP contribution is -2.56. The van der Waals surface area contributed by atoms with Crippen molar-refractivity contribution < 1.29 is 33.5 Å². The summed E-state index contributed by atoms with van der Waals surface area (Å²) in [6, 6.07) is 11.6. The molecule has 0 fully saturated rings. The predicted octanol–water partition coefficient (Wildman–Crippen LogP) is 2.47. The fourth-order valence-corrected chi connectivity index (χ4v) is 4.88. The summed E-state index contributed by atoms with van der Waals surface area (Å²) in [7, 11) is 1.75. The molecule has 0 aliphatic heterocycles. The smallest absolute Gasteiger partial charge is 0.411 e. The number of nitrogens with one attached hydrogen (secondary N) is 7. The molecule has 2 aromatic rings. The lowest BCUT2D eigenvalue weighted by Gasteiger charge is -2.36. The molecule has 2 rings (SSSR count). The van der Waals surface area contributed by atoms with Gasteiger partial charge in [0, 0.05) is 29.4 Å². The largest absolute Gasteiger partial charge is 0.444 e. The summed E-state index contributed by atoms with van der Waals surface area (Å²) in [6.45, 7) is 12.0. The maximum Gasteiger partial charge on any atom is 0.411 e. The van der Waals surface area contributed by atoms with Gasteiger partial charge in [-0.05, 0) is 67.6 Å². The Balaban J connectivity index is 1.99. The van der Waals surface area contributed by atoms with Gasteiger partial charge in [-0.3, -0.25) is 24.5 Å². The van der Waals surface area contributed by atoms with E-state index in [1.165, 1.54) is 0 Å². The molecule has 0 aromatic heterocycles. The first-order valence-corrected chi connectivity index (χ1v) is 16.4. The molecule has 50 heavy (non-hydrogen) atoms. The molecular weight excluding hydrogens is 644 g/mol. The van der Waals surface area contributed by atoms with E-state index in [1.807, 2.05) is 32.9 Å². The highest BCUT2D eigenvalue weighted by molar-refractivity contribution is 5.97. The van der Waals surface area contributed by atoms with Gasteiger partial charge in [-0.2, -0.15) is 0 Å². The molecular formula is C35H52N8O7. The molecule has 0 spiro atoms. The lowest BCUT2D eigenvalue weighted by atomic mass is 9.76. The highest BCUT2D eigenvalue weighted by Gasteiger charge is 2.37. The number of ether oxygens (including phenoxy) is 1. The SMILES string of the molecule is CNC(C(=O)NC(C)C(C)(C)C)C(C)(C)c1cccc(NC(=O)OCc2ccc(NC(=O)C(CCCNC(N)=O)NC(=O)CNC=O)cc2)c1. The number of hydrogen-bond acceptors (Lipinski definition) is 8. The van der Waals surface area contributed by atoms with Gasteiger partial charge in [0.15, 0.2) is 0 Å². The van der Waals surface area contributed by atoms with E-state index in [1.54, 1.807) is 43.4 Å². The maximum absolute atomic E-state index is 13.2. The van der Waals surface area contributed by atoms with Gasteiger partial charge >= 0.3 is 12.1 Å². The van der Waals surface area contributed by atoms with Gasteiger partial charge in [0.05, 0.1) is 12.6 Å². The lowest BCUT2D eigenvalue weighted by molar-refractivity contribution is -0.126. The van der Waals surface area contributed by atoms with E-state index in [0.29, 0.717) is 29.8 Å². The Labute approximate surface area is 293 Å². The quantitative estimate of drug-likeness (QED) is 0.0852. The summed E-state index contributed by atoms with van der Waals surface area (Å²) in [5.74, 6) is -1.18. The third-order valence-corrected chi connectivity index (χ3v) is 8.34. The first kappa shape index (κ1) is 41.0. The van der Waals surface area contributed by atoms with E-state index < -0.39 is 41.4 Å². The average Bonchev–Trinajstić information content (AvgIpc) is 3.04.